The van der Waals surface area contributed by atoms with Crippen LogP contribution in [0.3, 0.4) is 0 Å². The molecule has 0 atom stereocenters. The Morgan fingerprint density at radius 2 is 1.82 bits per heavy atom. The van der Waals surface area contributed by atoms with E-state index in [0.29, 0.717) is 17.3 Å². The van der Waals surface area contributed by atoms with Crippen molar-refractivity contribution in [2.24, 2.45) is 0 Å². The second-order valence-electron chi connectivity index (χ2n) is 4.43. The summed E-state index contributed by atoms with van der Waals surface area (Å²) in [5.74, 6) is -0.295. The van der Waals surface area contributed by atoms with E-state index in [4.69, 9.17) is 11.6 Å². The van der Waals surface area contributed by atoms with Crippen LogP contribution in [-0.4, -0.2) is 20.1 Å². The van der Waals surface area contributed by atoms with Gasteiger partial charge in [-0.1, -0.05) is 11.6 Å². The Bertz CT molecular complexity index is 814. The highest BCUT2D eigenvalue weighted by Gasteiger charge is 2.07. The molecule has 2 heterocycles. The maximum Gasteiger partial charge on any atom is 0.166 e. The van der Waals surface area contributed by atoms with Gasteiger partial charge in [-0.2, -0.15) is 0 Å². The molecule has 0 spiro atoms. The highest BCUT2D eigenvalue weighted by molar-refractivity contribution is 6.29. The highest BCUT2D eigenvalue weighted by atomic mass is 35.5. The molecule has 5 nitrogen and oxygen atoms in total. The Labute approximate surface area is 130 Å². The summed E-state index contributed by atoms with van der Waals surface area (Å²) >= 11 is 6.00. The lowest BCUT2D eigenvalue weighted by Gasteiger charge is -2.08. The largest absolute Gasteiger partial charge is 0.505 e. The number of aromatic hydroxyl groups is 1. The van der Waals surface area contributed by atoms with Crippen molar-refractivity contribution in [2.75, 3.05) is 5.32 Å². The fraction of sp³-hybridized carbons (Fsp3) is 0. The number of hydrogen-bond acceptors (Lipinski definition) is 5. The topological polar surface area (TPSA) is 70.9 Å². The fourth-order valence-electron chi connectivity index (χ4n) is 1.84. The molecule has 3 aromatic rings. The second kappa shape index (κ2) is 5.95. The highest BCUT2D eigenvalue weighted by Crippen LogP contribution is 2.24. The zero-order valence-electron chi connectivity index (χ0n) is 11.2. The van der Waals surface area contributed by atoms with Crippen LogP contribution in [0.2, 0.25) is 5.15 Å². The van der Waals surface area contributed by atoms with Gasteiger partial charge in [0.1, 0.15) is 11.0 Å². The Morgan fingerprint density at radius 1 is 1.05 bits per heavy atom. The third-order valence-corrected chi connectivity index (χ3v) is 3.05. The van der Waals surface area contributed by atoms with Gasteiger partial charge in [0.2, 0.25) is 0 Å². The average Bonchev–Trinajstić information content (AvgIpc) is 2.51. The molecule has 2 N–H and O–H groups in total. The summed E-state index contributed by atoms with van der Waals surface area (Å²) in [5.41, 5.74) is 1.20. The van der Waals surface area contributed by atoms with Crippen molar-refractivity contribution in [2.45, 2.75) is 0 Å². The summed E-state index contributed by atoms with van der Waals surface area (Å²) in [4.78, 5) is 12.4. The number of rotatable bonds is 3. The summed E-state index contributed by atoms with van der Waals surface area (Å²) in [7, 11) is 0. The number of phenols is 1. The molecular weight excluding hydrogens is 307 g/mol. The first-order valence-electron chi connectivity index (χ1n) is 6.32. The van der Waals surface area contributed by atoms with Crippen molar-refractivity contribution in [3.8, 4) is 17.1 Å². The molecule has 0 radical (unpaired) electrons. The van der Waals surface area contributed by atoms with E-state index < -0.39 is 11.6 Å². The minimum atomic E-state index is -0.723. The Balaban J connectivity index is 1.94. The Kier molecular flexibility index (Phi) is 3.84. The summed E-state index contributed by atoms with van der Waals surface area (Å²) in [5, 5.41) is 12.4. The molecule has 110 valence electrons. The Morgan fingerprint density at radius 3 is 2.55 bits per heavy atom. The van der Waals surface area contributed by atoms with Gasteiger partial charge in [0.25, 0.3) is 0 Å². The fourth-order valence-corrected chi connectivity index (χ4v) is 2.03. The normalized spacial score (nSPS) is 10.5. The van der Waals surface area contributed by atoms with Gasteiger partial charge < -0.3 is 10.4 Å². The molecule has 0 aliphatic carbocycles. The van der Waals surface area contributed by atoms with Crippen LogP contribution in [0, 0.1) is 5.82 Å². The van der Waals surface area contributed by atoms with Crippen LogP contribution in [0.5, 0.6) is 5.75 Å². The van der Waals surface area contributed by atoms with Crippen molar-refractivity contribution < 1.29 is 9.50 Å². The number of hydrogen-bond donors (Lipinski definition) is 2. The van der Waals surface area contributed by atoms with E-state index in [1.807, 2.05) is 0 Å². The minimum Gasteiger partial charge on any atom is -0.505 e. The van der Waals surface area contributed by atoms with Gasteiger partial charge in [-0.05, 0) is 24.3 Å². The molecule has 7 heteroatoms. The second-order valence-corrected chi connectivity index (χ2v) is 4.81. The monoisotopic (exact) mass is 316 g/mol. The molecule has 0 aliphatic heterocycles. The maximum absolute atomic E-state index is 13.3. The van der Waals surface area contributed by atoms with Crippen LogP contribution in [0.15, 0.2) is 48.8 Å². The summed E-state index contributed by atoms with van der Waals surface area (Å²) < 4.78 is 13.3. The van der Waals surface area contributed by atoms with Gasteiger partial charge in [0.05, 0.1) is 0 Å². The first kappa shape index (κ1) is 14.2. The first-order chi connectivity index (χ1) is 10.6. The lowest BCUT2D eigenvalue weighted by Crippen LogP contribution is -1.98. The van der Waals surface area contributed by atoms with E-state index in [1.165, 1.54) is 18.2 Å². The van der Waals surface area contributed by atoms with Gasteiger partial charge in [-0.15, -0.1) is 0 Å². The smallest absolute Gasteiger partial charge is 0.166 e. The average molecular weight is 317 g/mol. The standard InChI is InChI=1S/C15H10ClFN4O/c16-13-8-14(19-10-1-2-12(22)11(17)7-10)21-15(20-13)9-3-5-18-6-4-9/h1-8,22H,(H,19,20,21). The van der Waals surface area contributed by atoms with Crippen molar-refractivity contribution in [1.29, 1.82) is 0 Å². The minimum absolute atomic E-state index is 0.253. The third kappa shape index (κ3) is 3.12. The molecule has 0 aliphatic rings. The molecule has 0 amide bonds. The number of phenolic OH excluding ortho intramolecular Hbond substituents is 1. The van der Waals surface area contributed by atoms with Crippen molar-refractivity contribution in [3.63, 3.8) is 0 Å². The summed E-state index contributed by atoms with van der Waals surface area (Å²) in [6.45, 7) is 0. The van der Waals surface area contributed by atoms with E-state index in [2.05, 4.69) is 20.3 Å². The zero-order valence-corrected chi connectivity index (χ0v) is 11.9. The first-order valence-corrected chi connectivity index (χ1v) is 6.70. The van der Waals surface area contributed by atoms with Crippen LogP contribution in [-0.2, 0) is 0 Å². The van der Waals surface area contributed by atoms with Gasteiger partial charge in [0.15, 0.2) is 17.4 Å². The van der Waals surface area contributed by atoms with E-state index in [0.717, 1.165) is 11.6 Å². The Hall–Kier alpha value is -2.73. The van der Waals surface area contributed by atoms with E-state index in [9.17, 15) is 9.50 Å². The van der Waals surface area contributed by atoms with E-state index in [1.54, 1.807) is 24.5 Å². The molecule has 0 saturated heterocycles. The number of nitrogens with zero attached hydrogens (tertiary/aromatic N) is 3. The number of halogens is 2. The van der Waals surface area contributed by atoms with Crippen LogP contribution < -0.4 is 5.32 Å². The van der Waals surface area contributed by atoms with Crippen LogP contribution in [0.4, 0.5) is 15.9 Å². The van der Waals surface area contributed by atoms with Gasteiger partial charge in [-0.25, -0.2) is 14.4 Å². The third-order valence-electron chi connectivity index (χ3n) is 2.85. The van der Waals surface area contributed by atoms with E-state index in [-0.39, 0.29) is 5.15 Å². The number of anilines is 2. The SMILES string of the molecule is Oc1ccc(Nc2cc(Cl)nc(-c3ccncc3)n2)cc1F. The zero-order chi connectivity index (χ0) is 15.5. The number of aromatic nitrogens is 3. The summed E-state index contributed by atoms with van der Waals surface area (Å²) in [6, 6.07) is 8.99. The van der Waals surface area contributed by atoms with Gasteiger partial charge in [-0.3, -0.25) is 4.98 Å². The molecule has 0 fully saturated rings. The lowest BCUT2D eigenvalue weighted by molar-refractivity contribution is 0.432. The lowest BCUT2D eigenvalue weighted by atomic mass is 10.2. The molecule has 0 unspecified atom stereocenters. The predicted molar refractivity (Wildman–Crippen MR) is 81.6 cm³/mol. The van der Waals surface area contributed by atoms with Crippen LogP contribution >= 0.6 is 11.6 Å². The molecular formula is C15H10ClFN4O. The quantitative estimate of drug-likeness (QED) is 0.568. The van der Waals surface area contributed by atoms with Crippen molar-refractivity contribution in [3.05, 3.63) is 59.8 Å². The van der Waals surface area contributed by atoms with Crippen molar-refractivity contribution >= 4 is 23.1 Å². The molecule has 3 rings (SSSR count). The molecule has 2 aromatic heterocycles. The van der Waals surface area contributed by atoms with Crippen LogP contribution in [0.1, 0.15) is 0 Å². The van der Waals surface area contributed by atoms with Crippen molar-refractivity contribution in [1.82, 2.24) is 15.0 Å². The molecule has 22 heavy (non-hydrogen) atoms. The van der Waals surface area contributed by atoms with Gasteiger partial charge >= 0.3 is 0 Å². The summed E-state index contributed by atoms with van der Waals surface area (Å²) in [6.07, 6.45) is 3.25. The number of benzene rings is 1. The maximum atomic E-state index is 13.3. The van der Waals surface area contributed by atoms with Gasteiger partial charge in [0, 0.05) is 35.8 Å². The molecule has 0 bridgehead atoms. The van der Waals surface area contributed by atoms with Crippen LogP contribution in [0.25, 0.3) is 11.4 Å². The molecule has 0 saturated carbocycles. The number of nitrogens with one attached hydrogen (secondary N) is 1. The van der Waals surface area contributed by atoms with E-state index >= 15 is 0 Å². The molecule has 1 aromatic carbocycles. The predicted octanol–water partition coefficient (Wildman–Crippen LogP) is 3.78. The number of pyridine rings is 1.